The molecule has 2 atom stereocenters. The summed E-state index contributed by atoms with van der Waals surface area (Å²) in [5.41, 5.74) is 1.71. The number of hydrogen-bond acceptors (Lipinski definition) is 3. The second-order valence-electron chi connectivity index (χ2n) is 6.98. The van der Waals surface area contributed by atoms with Crippen molar-refractivity contribution in [1.82, 2.24) is 10.2 Å². The standard InChI is InChI=1S/C21H22F2N2O3/c1-12-4-6-14(7-5-12)16-10-25(11-17(16)24-13(2)26)21(27)15-8-9-18(28-3)20(23)19(15)22/h4-9,16-17H,10-11H2,1-3H3,(H,24,26)/t16-,17+/m0/s1. The first-order valence-corrected chi connectivity index (χ1v) is 8.96. The molecule has 0 saturated carbocycles. The number of nitrogens with one attached hydrogen (secondary N) is 1. The van der Waals surface area contributed by atoms with Crippen LogP contribution in [0.25, 0.3) is 0 Å². The van der Waals surface area contributed by atoms with Crippen LogP contribution in [-0.4, -0.2) is 43.0 Å². The number of carbonyl (C=O) groups is 2. The number of nitrogens with zero attached hydrogens (tertiary/aromatic N) is 1. The molecule has 1 aliphatic heterocycles. The van der Waals surface area contributed by atoms with Crippen molar-refractivity contribution in [2.75, 3.05) is 20.2 Å². The van der Waals surface area contributed by atoms with Gasteiger partial charge in [0.25, 0.3) is 5.91 Å². The second-order valence-corrected chi connectivity index (χ2v) is 6.98. The first kappa shape index (κ1) is 19.8. The van der Waals surface area contributed by atoms with Crippen molar-refractivity contribution in [1.29, 1.82) is 0 Å². The van der Waals surface area contributed by atoms with Gasteiger partial charge in [-0.15, -0.1) is 0 Å². The number of aryl methyl sites for hydroxylation is 1. The molecule has 0 spiro atoms. The van der Waals surface area contributed by atoms with Crippen LogP contribution >= 0.6 is 0 Å². The highest BCUT2D eigenvalue weighted by atomic mass is 19.2. The molecule has 0 unspecified atom stereocenters. The predicted octanol–water partition coefficient (Wildman–Crippen LogP) is 3.03. The maximum Gasteiger partial charge on any atom is 0.257 e. The summed E-state index contributed by atoms with van der Waals surface area (Å²) in [6.45, 7) is 3.89. The fraction of sp³-hybridized carbons (Fsp3) is 0.333. The number of halogens is 2. The molecule has 1 N–H and O–H groups in total. The third-order valence-electron chi connectivity index (χ3n) is 5.00. The van der Waals surface area contributed by atoms with Crippen LogP contribution in [0.15, 0.2) is 36.4 Å². The summed E-state index contributed by atoms with van der Waals surface area (Å²) >= 11 is 0. The minimum atomic E-state index is -1.24. The lowest BCUT2D eigenvalue weighted by Gasteiger charge is -2.19. The summed E-state index contributed by atoms with van der Waals surface area (Å²) in [5.74, 6) is -3.66. The summed E-state index contributed by atoms with van der Waals surface area (Å²) in [6.07, 6.45) is 0. The zero-order chi connectivity index (χ0) is 20.4. The van der Waals surface area contributed by atoms with Crippen molar-refractivity contribution < 1.29 is 23.1 Å². The molecule has 148 valence electrons. The van der Waals surface area contributed by atoms with Gasteiger partial charge in [-0.25, -0.2) is 4.39 Å². The fourth-order valence-electron chi connectivity index (χ4n) is 3.55. The van der Waals surface area contributed by atoms with E-state index in [0.29, 0.717) is 6.54 Å². The predicted molar refractivity (Wildman–Crippen MR) is 100 cm³/mol. The van der Waals surface area contributed by atoms with Gasteiger partial charge in [-0.1, -0.05) is 29.8 Å². The Morgan fingerprint density at radius 1 is 1.07 bits per heavy atom. The number of hydrogen-bond donors (Lipinski definition) is 1. The molecular weight excluding hydrogens is 366 g/mol. The van der Waals surface area contributed by atoms with E-state index in [1.165, 1.54) is 31.1 Å². The van der Waals surface area contributed by atoms with Crippen LogP contribution in [0.1, 0.15) is 34.3 Å². The molecule has 0 bridgehead atoms. The van der Waals surface area contributed by atoms with Crippen LogP contribution < -0.4 is 10.1 Å². The van der Waals surface area contributed by atoms with Gasteiger partial charge in [-0.2, -0.15) is 4.39 Å². The molecule has 0 aromatic heterocycles. The lowest BCUT2D eigenvalue weighted by atomic mass is 9.93. The van der Waals surface area contributed by atoms with Gasteiger partial charge in [0, 0.05) is 25.9 Å². The molecule has 7 heteroatoms. The van der Waals surface area contributed by atoms with Gasteiger partial charge in [0.15, 0.2) is 11.6 Å². The first-order chi connectivity index (χ1) is 13.3. The smallest absolute Gasteiger partial charge is 0.257 e. The van der Waals surface area contributed by atoms with Gasteiger partial charge in [0.1, 0.15) is 0 Å². The number of rotatable bonds is 4. The van der Waals surface area contributed by atoms with Gasteiger partial charge >= 0.3 is 0 Å². The summed E-state index contributed by atoms with van der Waals surface area (Å²) < 4.78 is 33.1. The summed E-state index contributed by atoms with van der Waals surface area (Å²) in [7, 11) is 1.23. The Balaban J connectivity index is 1.88. The highest BCUT2D eigenvalue weighted by Gasteiger charge is 2.38. The van der Waals surface area contributed by atoms with Crippen molar-refractivity contribution in [3.05, 3.63) is 64.7 Å². The molecule has 1 saturated heterocycles. The highest BCUT2D eigenvalue weighted by molar-refractivity contribution is 5.95. The van der Waals surface area contributed by atoms with Gasteiger partial charge in [0.05, 0.1) is 18.7 Å². The minimum absolute atomic E-state index is 0.139. The van der Waals surface area contributed by atoms with E-state index in [1.54, 1.807) is 0 Å². The molecule has 5 nitrogen and oxygen atoms in total. The van der Waals surface area contributed by atoms with E-state index in [2.05, 4.69) is 5.32 Å². The number of carbonyl (C=O) groups excluding carboxylic acids is 2. The Morgan fingerprint density at radius 2 is 1.75 bits per heavy atom. The number of methoxy groups -OCH3 is 1. The zero-order valence-corrected chi connectivity index (χ0v) is 16.0. The molecule has 0 radical (unpaired) electrons. The molecular formula is C21H22F2N2O3. The van der Waals surface area contributed by atoms with E-state index in [1.807, 2.05) is 31.2 Å². The van der Waals surface area contributed by atoms with Crippen molar-refractivity contribution in [3.63, 3.8) is 0 Å². The average molecular weight is 388 g/mol. The Bertz CT molecular complexity index is 899. The minimum Gasteiger partial charge on any atom is -0.494 e. The second kappa shape index (κ2) is 7.96. The van der Waals surface area contributed by atoms with Gasteiger partial charge in [-0.3, -0.25) is 9.59 Å². The molecule has 1 fully saturated rings. The van der Waals surface area contributed by atoms with Crippen molar-refractivity contribution in [2.24, 2.45) is 0 Å². The lowest BCUT2D eigenvalue weighted by molar-refractivity contribution is -0.119. The molecule has 2 aromatic carbocycles. The summed E-state index contributed by atoms with van der Waals surface area (Å²) in [6, 6.07) is 9.96. The van der Waals surface area contributed by atoms with Crippen LogP contribution in [0.3, 0.4) is 0 Å². The average Bonchev–Trinajstić information content (AvgIpc) is 3.07. The van der Waals surface area contributed by atoms with Crippen molar-refractivity contribution in [2.45, 2.75) is 25.8 Å². The summed E-state index contributed by atoms with van der Waals surface area (Å²) in [5, 5.41) is 2.86. The lowest BCUT2D eigenvalue weighted by Crippen LogP contribution is -2.39. The molecule has 2 amide bonds. The monoisotopic (exact) mass is 388 g/mol. The molecule has 28 heavy (non-hydrogen) atoms. The Morgan fingerprint density at radius 3 is 2.36 bits per heavy atom. The third kappa shape index (κ3) is 3.83. The molecule has 1 heterocycles. The third-order valence-corrected chi connectivity index (χ3v) is 5.00. The van der Waals surface area contributed by atoms with E-state index in [9.17, 15) is 18.4 Å². The van der Waals surface area contributed by atoms with E-state index in [0.717, 1.165) is 11.1 Å². The van der Waals surface area contributed by atoms with Crippen LogP contribution in [0, 0.1) is 18.6 Å². The van der Waals surface area contributed by atoms with Crippen molar-refractivity contribution in [3.8, 4) is 5.75 Å². The molecule has 2 aromatic rings. The Kier molecular flexibility index (Phi) is 5.63. The van der Waals surface area contributed by atoms with Gasteiger partial charge in [-0.05, 0) is 24.6 Å². The quantitative estimate of drug-likeness (QED) is 0.876. The van der Waals surface area contributed by atoms with Crippen LogP contribution in [-0.2, 0) is 4.79 Å². The number of ether oxygens (including phenoxy) is 1. The van der Waals surface area contributed by atoms with Gasteiger partial charge in [0.2, 0.25) is 11.7 Å². The van der Waals surface area contributed by atoms with Crippen LogP contribution in [0.2, 0.25) is 0 Å². The van der Waals surface area contributed by atoms with Crippen LogP contribution in [0.4, 0.5) is 8.78 Å². The van der Waals surface area contributed by atoms with Crippen molar-refractivity contribution >= 4 is 11.8 Å². The number of likely N-dealkylation sites (tertiary alicyclic amines) is 1. The SMILES string of the molecule is COc1ccc(C(=O)N2C[C@@H](NC(C)=O)[C@H](c3ccc(C)cc3)C2)c(F)c1F. The Hall–Kier alpha value is -2.96. The number of benzene rings is 2. The fourth-order valence-corrected chi connectivity index (χ4v) is 3.55. The van der Waals surface area contributed by atoms with E-state index in [4.69, 9.17) is 4.74 Å². The van der Waals surface area contributed by atoms with Gasteiger partial charge < -0.3 is 15.0 Å². The first-order valence-electron chi connectivity index (χ1n) is 8.96. The highest BCUT2D eigenvalue weighted by Crippen LogP contribution is 2.30. The summed E-state index contributed by atoms with van der Waals surface area (Å²) in [4.78, 5) is 25.9. The molecule has 0 aliphatic carbocycles. The van der Waals surface area contributed by atoms with E-state index < -0.39 is 17.5 Å². The zero-order valence-electron chi connectivity index (χ0n) is 16.0. The van der Waals surface area contributed by atoms with E-state index >= 15 is 0 Å². The Labute approximate surface area is 162 Å². The maximum absolute atomic E-state index is 14.4. The molecule has 1 aliphatic rings. The van der Waals surface area contributed by atoms with Crippen LogP contribution in [0.5, 0.6) is 5.75 Å². The maximum atomic E-state index is 14.4. The topological polar surface area (TPSA) is 58.6 Å². The van der Waals surface area contributed by atoms with E-state index in [-0.39, 0.29) is 35.7 Å². The molecule has 3 rings (SSSR count). The largest absolute Gasteiger partial charge is 0.494 e. The number of amides is 2. The normalized spacial score (nSPS) is 18.8.